The largest absolute Gasteiger partial charge is 0.538 e. The first-order valence-corrected chi connectivity index (χ1v) is 9.38. The van der Waals surface area contributed by atoms with Gasteiger partial charge >= 0.3 is 0 Å². The predicted molar refractivity (Wildman–Crippen MR) is 101 cm³/mol. The molecular formula is C18H16ClN3O5S. The third-order valence-electron chi connectivity index (χ3n) is 3.66. The summed E-state index contributed by atoms with van der Waals surface area (Å²) in [7, 11) is 2.95. The van der Waals surface area contributed by atoms with Crippen LogP contribution in [-0.4, -0.2) is 31.2 Å². The first kappa shape index (κ1) is 19.8. The highest BCUT2D eigenvalue weighted by Crippen LogP contribution is 2.36. The smallest absolute Gasteiger partial charge is 0.298 e. The topological polar surface area (TPSA) is 101 Å². The lowest BCUT2D eigenvalue weighted by Gasteiger charge is -2.12. The van der Waals surface area contributed by atoms with E-state index in [1.807, 2.05) is 18.2 Å². The molecular weight excluding hydrogens is 406 g/mol. The second kappa shape index (κ2) is 8.85. The van der Waals surface area contributed by atoms with E-state index in [2.05, 4.69) is 10.6 Å². The van der Waals surface area contributed by atoms with Gasteiger partial charge in [-0.2, -0.15) is 0 Å². The summed E-state index contributed by atoms with van der Waals surface area (Å²) in [4.78, 5) is 12.4. The molecule has 0 radical (unpaired) electrons. The SMILES string of the molecule is COc1cc(OC)c(NC(=O)CSc2c([O-])on[n+]2-c2ccccc2)cc1Cl. The number of carbonyl (C=O) groups excluding carboxylic acids is 1. The van der Waals surface area contributed by atoms with Crippen LogP contribution in [0, 0.1) is 0 Å². The van der Waals surface area contributed by atoms with Crippen LogP contribution in [0.5, 0.6) is 17.4 Å². The van der Waals surface area contributed by atoms with Gasteiger partial charge in [0.15, 0.2) is 5.95 Å². The first-order valence-electron chi connectivity index (χ1n) is 8.02. The van der Waals surface area contributed by atoms with Crippen molar-refractivity contribution in [2.75, 3.05) is 25.3 Å². The van der Waals surface area contributed by atoms with E-state index in [4.69, 9.17) is 25.6 Å². The van der Waals surface area contributed by atoms with E-state index in [-0.39, 0.29) is 16.7 Å². The molecule has 0 aliphatic heterocycles. The second-order valence-electron chi connectivity index (χ2n) is 5.44. The number of halogens is 1. The minimum Gasteiger partial charge on any atom is -0.538 e. The summed E-state index contributed by atoms with van der Waals surface area (Å²) in [6, 6.07) is 12.1. The Bertz CT molecular complexity index is 981. The molecule has 3 rings (SSSR count). The van der Waals surface area contributed by atoms with Crippen molar-refractivity contribution in [3.63, 3.8) is 0 Å². The molecule has 146 valence electrons. The third kappa shape index (κ3) is 4.32. The maximum atomic E-state index is 12.4. The van der Waals surface area contributed by atoms with Gasteiger partial charge in [0.2, 0.25) is 11.6 Å². The molecule has 28 heavy (non-hydrogen) atoms. The van der Waals surface area contributed by atoms with Crippen LogP contribution in [0.15, 0.2) is 52.0 Å². The number of amides is 1. The van der Waals surface area contributed by atoms with Crippen LogP contribution in [0.4, 0.5) is 5.69 Å². The Balaban J connectivity index is 1.73. The molecule has 8 nitrogen and oxygen atoms in total. The number of thioether (sulfide) groups is 1. The number of benzene rings is 2. The number of hydrogen-bond donors (Lipinski definition) is 1. The van der Waals surface area contributed by atoms with E-state index in [9.17, 15) is 9.90 Å². The molecule has 0 saturated heterocycles. The van der Waals surface area contributed by atoms with Gasteiger partial charge in [-0.15, -0.1) is 0 Å². The van der Waals surface area contributed by atoms with Gasteiger partial charge in [-0.25, -0.2) is 0 Å². The highest BCUT2D eigenvalue weighted by Gasteiger charge is 2.22. The van der Waals surface area contributed by atoms with Gasteiger partial charge in [0.25, 0.3) is 5.03 Å². The molecule has 0 bridgehead atoms. The number of nitrogens with one attached hydrogen (secondary N) is 1. The van der Waals surface area contributed by atoms with Crippen molar-refractivity contribution >= 4 is 35.0 Å². The first-order chi connectivity index (χ1) is 13.5. The van der Waals surface area contributed by atoms with Crippen molar-refractivity contribution < 1.29 is 28.6 Å². The predicted octanol–water partition coefficient (Wildman–Crippen LogP) is 2.43. The number of carbonyl (C=O) groups is 1. The standard InChI is InChI=1S/C18H16ClN3O5S/c1-25-14-9-15(26-2)13(8-12(14)19)20-16(23)10-28-17-18(24)27-21-22(17)11-6-4-3-5-7-11/h3-9H,10H2,1-2H3,(H-,20,21,23,24). The normalized spacial score (nSPS) is 10.5. The van der Waals surface area contributed by atoms with E-state index in [1.165, 1.54) is 25.0 Å². The Morgan fingerprint density at radius 1 is 1.25 bits per heavy atom. The molecule has 1 aromatic heterocycles. The van der Waals surface area contributed by atoms with Crippen molar-refractivity contribution in [1.82, 2.24) is 5.27 Å². The molecule has 1 N–H and O–H groups in total. The second-order valence-corrected chi connectivity index (χ2v) is 6.81. The number of ether oxygens (including phenoxy) is 2. The third-order valence-corrected chi connectivity index (χ3v) is 4.98. The summed E-state index contributed by atoms with van der Waals surface area (Å²) in [6.07, 6.45) is 0. The lowest BCUT2D eigenvalue weighted by atomic mass is 10.2. The molecule has 0 unspecified atom stereocenters. The van der Waals surface area contributed by atoms with Crippen molar-refractivity contribution in [2.24, 2.45) is 0 Å². The zero-order valence-corrected chi connectivity index (χ0v) is 16.5. The number of hydrogen-bond acceptors (Lipinski definition) is 7. The number of rotatable bonds is 7. The Labute approximate surface area is 170 Å². The number of methoxy groups -OCH3 is 2. The van der Waals surface area contributed by atoms with E-state index in [0.29, 0.717) is 27.9 Å². The summed E-state index contributed by atoms with van der Waals surface area (Å²) >= 11 is 7.12. The lowest BCUT2D eigenvalue weighted by Crippen LogP contribution is -2.35. The fourth-order valence-corrected chi connectivity index (χ4v) is 3.37. The number of para-hydroxylation sites is 1. The van der Waals surface area contributed by atoms with Crippen LogP contribution in [0.1, 0.15) is 0 Å². The van der Waals surface area contributed by atoms with Crippen molar-refractivity contribution in [2.45, 2.75) is 5.03 Å². The molecule has 10 heteroatoms. The maximum absolute atomic E-state index is 12.4. The van der Waals surface area contributed by atoms with Crippen molar-refractivity contribution in [3.05, 3.63) is 47.5 Å². The van der Waals surface area contributed by atoms with Crippen molar-refractivity contribution in [3.8, 4) is 23.1 Å². The Morgan fingerprint density at radius 3 is 2.64 bits per heavy atom. The number of anilines is 1. The monoisotopic (exact) mass is 421 g/mol. The summed E-state index contributed by atoms with van der Waals surface area (Å²) in [5.41, 5.74) is 1.04. The van der Waals surface area contributed by atoms with E-state index in [0.717, 1.165) is 11.8 Å². The molecule has 2 aromatic carbocycles. The molecule has 0 atom stereocenters. The van der Waals surface area contributed by atoms with Crippen molar-refractivity contribution in [1.29, 1.82) is 0 Å². The molecule has 1 amide bonds. The molecule has 0 fully saturated rings. The molecule has 0 aliphatic rings. The minimum absolute atomic E-state index is 0.0455. The van der Waals surface area contributed by atoms with Gasteiger partial charge in [0, 0.05) is 18.2 Å². The lowest BCUT2D eigenvalue weighted by molar-refractivity contribution is -0.705. The van der Waals surface area contributed by atoms with Gasteiger partial charge < -0.3 is 24.4 Å². The zero-order chi connectivity index (χ0) is 20.1. The number of aromatic nitrogens is 2. The average molecular weight is 422 g/mol. The quantitative estimate of drug-likeness (QED) is 0.461. The van der Waals surface area contributed by atoms with E-state index >= 15 is 0 Å². The van der Waals surface area contributed by atoms with E-state index < -0.39 is 5.95 Å². The summed E-state index contributed by atoms with van der Waals surface area (Å²) in [6.45, 7) is 0. The molecule has 0 aliphatic carbocycles. The fourth-order valence-electron chi connectivity index (χ4n) is 2.37. The van der Waals surface area contributed by atoms with Crippen LogP contribution >= 0.6 is 23.4 Å². The molecule has 1 heterocycles. The Kier molecular flexibility index (Phi) is 6.27. The highest BCUT2D eigenvalue weighted by molar-refractivity contribution is 7.99. The zero-order valence-electron chi connectivity index (χ0n) is 15.0. The average Bonchev–Trinajstić information content (AvgIpc) is 3.07. The minimum atomic E-state index is -0.619. The fraction of sp³-hybridized carbons (Fsp3) is 0.167. The van der Waals surface area contributed by atoms with Crippen LogP contribution in [0.3, 0.4) is 0 Å². The van der Waals surface area contributed by atoms with Crippen LogP contribution in [0.25, 0.3) is 5.69 Å². The highest BCUT2D eigenvalue weighted by atomic mass is 35.5. The Morgan fingerprint density at radius 2 is 1.96 bits per heavy atom. The maximum Gasteiger partial charge on any atom is 0.298 e. The number of nitrogens with zero attached hydrogens (tertiary/aromatic N) is 2. The van der Waals surface area contributed by atoms with Crippen LogP contribution < -0.4 is 24.6 Å². The summed E-state index contributed by atoms with van der Waals surface area (Å²) in [5.74, 6) is -0.198. The molecule has 0 saturated carbocycles. The van der Waals surface area contributed by atoms with Crippen LogP contribution in [0.2, 0.25) is 5.02 Å². The summed E-state index contributed by atoms with van der Waals surface area (Å²) in [5, 5.41) is 18.9. The van der Waals surface area contributed by atoms with Gasteiger partial charge in [-0.3, -0.25) is 4.79 Å². The van der Waals surface area contributed by atoms with Gasteiger partial charge in [0.1, 0.15) is 11.5 Å². The van der Waals surface area contributed by atoms with Crippen LogP contribution in [-0.2, 0) is 4.79 Å². The Hall–Kier alpha value is -2.91. The molecule has 3 aromatic rings. The van der Waals surface area contributed by atoms with E-state index in [1.54, 1.807) is 18.2 Å². The van der Waals surface area contributed by atoms with Gasteiger partial charge in [-0.05, 0) is 22.5 Å². The molecule has 0 spiro atoms. The van der Waals surface area contributed by atoms with Gasteiger partial charge in [0.05, 0.1) is 36.0 Å². The van der Waals surface area contributed by atoms with Gasteiger partial charge in [-0.1, -0.05) is 29.8 Å². The summed E-state index contributed by atoms with van der Waals surface area (Å²) < 4.78 is 16.5.